The standard InChI is InChI=1S/C9H7NO.2ClH/c11-9-6-5-7-3-1-2-4-8(7)10-9;;/h1-6H,(H,10,11);2*1H. The van der Waals surface area contributed by atoms with E-state index >= 15 is 0 Å². The lowest BCUT2D eigenvalue weighted by molar-refractivity contribution is 1.31. The van der Waals surface area contributed by atoms with Gasteiger partial charge in [-0.25, -0.2) is 0 Å². The molecule has 0 saturated carbocycles. The summed E-state index contributed by atoms with van der Waals surface area (Å²) in [4.78, 5) is 13.6. The lowest BCUT2D eigenvalue weighted by Gasteiger charge is -1.93. The summed E-state index contributed by atoms with van der Waals surface area (Å²) in [5, 5.41) is 1.06. The van der Waals surface area contributed by atoms with Crippen LogP contribution < -0.4 is 5.56 Å². The lowest BCUT2D eigenvalue weighted by atomic mass is 10.2. The number of aromatic amines is 1. The highest BCUT2D eigenvalue weighted by atomic mass is 35.5. The molecule has 70 valence electrons. The van der Waals surface area contributed by atoms with E-state index in [0.717, 1.165) is 10.9 Å². The zero-order valence-electron chi connectivity index (χ0n) is 6.69. The van der Waals surface area contributed by atoms with E-state index in [2.05, 4.69) is 4.98 Å². The topological polar surface area (TPSA) is 32.9 Å². The molecule has 4 heteroatoms. The summed E-state index contributed by atoms with van der Waals surface area (Å²) in [5.74, 6) is 0. The first-order valence-electron chi connectivity index (χ1n) is 3.44. The van der Waals surface area contributed by atoms with E-state index in [0.29, 0.717) is 0 Å². The second-order valence-electron chi connectivity index (χ2n) is 2.41. The third-order valence-corrected chi connectivity index (χ3v) is 1.63. The molecule has 0 unspecified atom stereocenters. The molecule has 2 aromatic rings. The van der Waals surface area contributed by atoms with Gasteiger partial charge >= 0.3 is 0 Å². The number of fused-ring (bicyclic) bond motifs is 1. The van der Waals surface area contributed by atoms with Gasteiger partial charge in [-0.15, -0.1) is 24.8 Å². The number of nitrogens with one attached hydrogen (secondary N) is 1. The monoisotopic (exact) mass is 217 g/mol. The average molecular weight is 218 g/mol. The molecule has 0 aliphatic heterocycles. The number of rotatable bonds is 0. The summed E-state index contributed by atoms with van der Waals surface area (Å²) in [7, 11) is 0. The van der Waals surface area contributed by atoms with Crippen LogP contribution in [-0.4, -0.2) is 4.98 Å². The van der Waals surface area contributed by atoms with E-state index in [4.69, 9.17) is 0 Å². The quantitative estimate of drug-likeness (QED) is 0.723. The Balaban J connectivity index is 0.000000720. The van der Waals surface area contributed by atoms with Crippen LogP contribution in [0.1, 0.15) is 0 Å². The van der Waals surface area contributed by atoms with Crippen LogP contribution in [0.5, 0.6) is 0 Å². The predicted molar refractivity (Wildman–Crippen MR) is 59.1 cm³/mol. The second kappa shape index (κ2) is 4.90. The Bertz CT molecular complexity index is 439. The third-order valence-electron chi connectivity index (χ3n) is 1.63. The van der Waals surface area contributed by atoms with E-state index in [1.54, 1.807) is 0 Å². The van der Waals surface area contributed by atoms with Crippen molar-refractivity contribution in [2.75, 3.05) is 0 Å². The number of hydrogen-bond donors (Lipinski definition) is 1. The summed E-state index contributed by atoms with van der Waals surface area (Å²) < 4.78 is 0. The molecule has 0 bridgehead atoms. The number of benzene rings is 1. The van der Waals surface area contributed by atoms with Crippen LogP contribution in [0.4, 0.5) is 0 Å². The van der Waals surface area contributed by atoms with Crippen LogP contribution >= 0.6 is 24.8 Å². The van der Waals surface area contributed by atoms with E-state index in [-0.39, 0.29) is 30.4 Å². The minimum atomic E-state index is -0.0521. The average Bonchev–Trinajstić information content (AvgIpc) is 2.04. The number of aromatic nitrogens is 1. The summed E-state index contributed by atoms with van der Waals surface area (Å²) in [6, 6.07) is 11.0. The first-order chi connectivity index (χ1) is 5.36. The van der Waals surface area contributed by atoms with Crippen molar-refractivity contribution in [2.45, 2.75) is 0 Å². The minimum Gasteiger partial charge on any atom is -0.322 e. The maximum Gasteiger partial charge on any atom is 0.248 e. The van der Waals surface area contributed by atoms with Crippen molar-refractivity contribution in [3.05, 3.63) is 46.8 Å². The molecule has 1 N–H and O–H groups in total. The van der Waals surface area contributed by atoms with Gasteiger partial charge in [-0.2, -0.15) is 0 Å². The van der Waals surface area contributed by atoms with Crippen LogP contribution in [0.2, 0.25) is 0 Å². The van der Waals surface area contributed by atoms with Crippen molar-refractivity contribution in [1.29, 1.82) is 0 Å². The molecular formula is C9H9Cl2NO. The number of H-pyrrole nitrogens is 1. The zero-order valence-corrected chi connectivity index (χ0v) is 8.32. The van der Waals surface area contributed by atoms with E-state index in [9.17, 15) is 4.79 Å². The van der Waals surface area contributed by atoms with Gasteiger partial charge in [0.15, 0.2) is 0 Å². The Hall–Kier alpha value is -0.990. The number of para-hydroxylation sites is 1. The minimum absolute atomic E-state index is 0. The Morgan fingerprint density at radius 2 is 1.62 bits per heavy atom. The van der Waals surface area contributed by atoms with E-state index in [1.807, 2.05) is 30.3 Å². The van der Waals surface area contributed by atoms with Gasteiger partial charge in [-0.1, -0.05) is 18.2 Å². The van der Waals surface area contributed by atoms with Crippen molar-refractivity contribution in [3.8, 4) is 0 Å². The third kappa shape index (κ3) is 2.47. The van der Waals surface area contributed by atoms with Gasteiger partial charge in [-0.3, -0.25) is 4.79 Å². The molecule has 13 heavy (non-hydrogen) atoms. The van der Waals surface area contributed by atoms with Crippen LogP contribution in [-0.2, 0) is 0 Å². The fourth-order valence-electron chi connectivity index (χ4n) is 1.10. The molecule has 2 rings (SSSR count). The molecule has 0 spiro atoms. The second-order valence-corrected chi connectivity index (χ2v) is 2.41. The lowest BCUT2D eigenvalue weighted by Crippen LogP contribution is -2.01. The summed E-state index contributed by atoms with van der Waals surface area (Å²) in [5.41, 5.74) is 0.837. The number of hydrogen-bond acceptors (Lipinski definition) is 1. The maximum absolute atomic E-state index is 10.8. The Morgan fingerprint density at radius 1 is 0.923 bits per heavy atom. The van der Waals surface area contributed by atoms with Gasteiger partial charge < -0.3 is 4.98 Å². The fraction of sp³-hybridized carbons (Fsp3) is 0. The first kappa shape index (κ1) is 12.0. The number of pyridine rings is 1. The summed E-state index contributed by atoms with van der Waals surface area (Å²) >= 11 is 0. The molecule has 1 heterocycles. The van der Waals surface area contributed by atoms with Crippen LogP contribution in [0.3, 0.4) is 0 Å². The molecule has 1 aromatic carbocycles. The molecule has 0 aliphatic carbocycles. The van der Waals surface area contributed by atoms with Crippen molar-refractivity contribution in [2.24, 2.45) is 0 Å². The fourth-order valence-corrected chi connectivity index (χ4v) is 1.10. The molecule has 0 saturated heterocycles. The van der Waals surface area contributed by atoms with Gasteiger partial charge in [0.2, 0.25) is 5.56 Å². The Kier molecular flexibility index (Phi) is 4.52. The van der Waals surface area contributed by atoms with Gasteiger partial charge in [0.25, 0.3) is 0 Å². The Morgan fingerprint density at radius 3 is 2.38 bits per heavy atom. The van der Waals surface area contributed by atoms with Crippen molar-refractivity contribution in [3.63, 3.8) is 0 Å². The predicted octanol–water partition coefficient (Wildman–Crippen LogP) is 2.37. The molecule has 2 nitrogen and oxygen atoms in total. The van der Waals surface area contributed by atoms with Crippen LogP contribution in [0, 0.1) is 0 Å². The molecule has 0 aliphatic rings. The van der Waals surface area contributed by atoms with Gasteiger partial charge in [-0.05, 0) is 17.5 Å². The molecular weight excluding hydrogens is 209 g/mol. The van der Waals surface area contributed by atoms with Crippen molar-refractivity contribution < 1.29 is 0 Å². The van der Waals surface area contributed by atoms with Crippen molar-refractivity contribution >= 4 is 35.7 Å². The normalized spacial score (nSPS) is 8.62. The number of halogens is 2. The van der Waals surface area contributed by atoms with Gasteiger partial charge in [0.1, 0.15) is 0 Å². The Labute approximate surface area is 87.8 Å². The van der Waals surface area contributed by atoms with E-state index < -0.39 is 0 Å². The molecule has 0 amide bonds. The highest BCUT2D eigenvalue weighted by molar-refractivity contribution is 5.85. The van der Waals surface area contributed by atoms with E-state index in [1.165, 1.54) is 6.07 Å². The molecule has 0 fully saturated rings. The SMILES string of the molecule is Cl.Cl.O=c1ccc2ccccc2[nH]1. The van der Waals surface area contributed by atoms with Gasteiger partial charge in [0, 0.05) is 11.6 Å². The molecule has 0 radical (unpaired) electrons. The molecule has 1 aromatic heterocycles. The maximum atomic E-state index is 10.8. The van der Waals surface area contributed by atoms with Gasteiger partial charge in [0.05, 0.1) is 0 Å². The van der Waals surface area contributed by atoms with Crippen molar-refractivity contribution in [1.82, 2.24) is 4.98 Å². The molecule has 0 atom stereocenters. The smallest absolute Gasteiger partial charge is 0.248 e. The first-order valence-corrected chi connectivity index (χ1v) is 3.44. The highest BCUT2D eigenvalue weighted by Crippen LogP contribution is 2.06. The largest absolute Gasteiger partial charge is 0.322 e. The summed E-state index contributed by atoms with van der Waals surface area (Å²) in [6.07, 6.45) is 0. The summed E-state index contributed by atoms with van der Waals surface area (Å²) in [6.45, 7) is 0. The van der Waals surface area contributed by atoms with Crippen LogP contribution in [0.25, 0.3) is 10.9 Å². The zero-order chi connectivity index (χ0) is 7.68. The highest BCUT2D eigenvalue weighted by Gasteiger charge is 1.89. The van der Waals surface area contributed by atoms with Crippen LogP contribution in [0.15, 0.2) is 41.2 Å².